The van der Waals surface area contributed by atoms with Crippen LogP contribution in [0.4, 0.5) is 5.69 Å². The zero-order valence-corrected chi connectivity index (χ0v) is 12.4. The summed E-state index contributed by atoms with van der Waals surface area (Å²) < 4.78 is 0.974. The Morgan fingerprint density at radius 1 is 1.32 bits per heavy atom. The van der Waals surface area contributed by atoms with Gasteiger partial charge in [-0.05, 0) is 37.1 Å². The molecule has 4 nitrogen and oxygen atoms in total. The van der Waals surface area contributed by atoms with E-state index in [2.05, 4.69) is 21.2 Å². The number of benzene rings is 1. The number of amides is 2. The normalized spacial score (nSPS) is 14.0. The van der Waals surface area contributed by atoms with Gasteiger partial charge in [-0.1, -0.05) is 15.9 Å². The molecule has 1 N–H and O–H groups in total. The fourth-order valence-electron chi connectivity index (χ4n) is 1.96. The summed E-state index contributed by atoms with van der Waals surface area (Å²) in [7, 11) is 0. The third-order valence-corrected chi connectivity index (χ3v) is 3.63. The summed E-state index contributed by atoms with van der Waals surface area (Å²) in [6.45, 7) is 2.06. The lowest BCUT2D eigenvalue weighted by Gasteiger charge is -2.20. The van der Waals surface area contributed by atoms with Crippen molar-refractivity contribution in [2.75, 3.05) is 11.9 Å². The minimum Gasteiger partial charge on any atom is -0.339 e. The molecule has 1 aliphatic rings. The maximum Gasteiger partial charge on any atom is 0.226 e. The molecule has 1 saturated carbocycles. The quantitative estimate of drug-likeness (QED) is 0.905. The molecule has 0 aromatic heterocycles. The summed E-state index contributed by atoms with van der Waals surface area (Å²) in [6.07, 6.45) is 2.47. The number of hydrogen-bond donors (Lipinski definition) is 1. The molecule has 0 heterocycles. The van der Waals surface area contributed by atoms with E-state index in [-0.39, 0.29) is 11.8 Å². The Bertz CT molecular complexity index is 469. The van der Waals surface area contributed by atoms with Gasteiger partial charge >= 0.3 is 0 Å². The van der Waals surface area contributed by atoms with Crippen molar-refractivity contribution in [3.05, 3.63) is 28.7 Å². The molecule has 0 saturated heterocycles. The van der Waals surface area contributed by atoms with E-state index in [4.69, 9.17) is 0 Å². The molecular weight excluding hydrogens is 308 g/mol. The maximum absolute atomic E-state index is 11.8. The average molecular weight is 325 g/mol. The summed E-state index contributed by atoms with van der Waals surface area (Å²) >= 11 is 3.34. The highest BCUT2D eigenvalue weighted by Gasteiger charge is 2.30. The maximum atomic E-state index is 11.8. The van der Waals surface area contributed by atoms with Crippen LogP contribution in [0.15, 0.2) is 28.7 Å². The van der Waals surface area contributed by atoms with E-state index in [0.29, 0.717) is 19.0 Å². The van der Waals surface area contributed by atoms with Crippen LogP contribution in [-0.4, -0.2) is 29.3 Å². The molecule has 0 spiro atoms. The van der Waals surface area contributed by atoms with E-state index < -0.39 is 0 Å². The van der Waals surface area contributed by atoms with Crippen LogP contribution in [0.25, 0.3) is 0 Å². The van der Waals surface area contributed by atoms with Crippen LogP contribution in [0.3, 0.4) is 0 Å². The number of nitrogens with zero attached hydrogens (tertiary/aromatic N) is 1. The van der Waals surface area contributed by atoms with Gasteiger partial charge in [0, 0.05) is 36.1 Å². The van der Waals surface area contributed by atoms with Crippen molar-refractivity contribution >= 4 is 33.4 Å². The lowest BCUT2D eigenvalue weighted by molar-refractivity contribution is -0.129. The van der Waals surface area contributed by atoms with Gasteiger partial charge in [0.1, 0.15) is 0 Å². The van der Waals surface area contributed by atoms with Crippen LogP contribution in [0.1, 0.15) is 26.2 Å². The van der Waals surface area contributed by atoms with Crippen LogP contribution in [0.5, 0.6) is 0 Å². The zero-order chi connectivity index (χ0) is 13.8. The molecule has 2 amide bonds. The van der Waals surface area contributed by atoms with E-state index in [1.54, 1.807) is 11.8 Å². The highest BCUT2D eigenvalue weighted by molar-refractivity contribution is 9.10. The van der Waals surface area contributed by atoms with Gasteiger partial charge in [0.2, 0.25) is 11.8 Å². The second-order valence-electron chi connectivity index (χ2n) is 4.75. The lowest BCUT2D eigenvalue weighted by Crippen LogP contribution is -2.33. The smallest absolute Gasteiger partial charge is 0.226 e. The molecule has 1 fully saturated rings. The van der Waals surface area contributed by atoms with Gasteiger partial charge in [-0.15, -0.1) is 0 Å². The first kappa shape index (κ1) is 14.1. The Labute approximate surface area is 121 Å². The van der Waals surface area contributed by atoms with Gasteiger partial charge in [-0.25, -0.2) is 0 Å². The van der Waals surface area contributed by atoms with E-state index in [9.17, 15) is 9.59 Å². The second-order valence-corrected chi connectivity index (χ2v) is 5.66. The van der Waals surface area contributed by atoms with Gasteiger partial charge in [-0.3, -0.25) is 9.59 Å². The largest absolute Gasteiger partial charge is 0.339 e. The molecule has 1 aromatic rings. The SMILES string of the molecule is CC(=O)N(CCC(=O)Nc1ccc(Br)cc1)C1CC1. The molecule has 0 unspecified atom stereocenters. The van der Waals surface area contributed by atoms with Gasteiger partial charge in [0.05, 0.1) is 0 Å². The summed E-state index contributed by atoms with van der Waals surface area (Å²) in [5.74, 6) is -0.00633. The molecule has 102 valence electrons. The number of carbonyl (C=O) groups excluding carboxylic acids is 2. The fourth-order valence-corrected chi connectivity index (χ4v) is 2.23. The highest BCUT2D eigenvalue weighted by atomic mass is 79.9. The Morgan fingerprint density at radius 3 is 2.47 bits per heavy atom. The molecular formula is C14H17BrN2O2. The topological polar surface area (TPSA) is 49.4 Å². The molecule has 0 atom stereocenters. The van der Waals surface area contributed by atoms with E-state index >= 15 is 0 Å². The number of halogens is 1. The molecule has 1 aromatic carbocycles. The van der Waals surface area contributed by atoms with Gasteiger partial charge in [0.15, 0.2) is 0 Å². The standard InChI is InChI=1S/C14H17BrN2O2/c1-10(18)17(13-6-7-13)9-8-14(19)16-12-4-2-11(15)3-5-12/h2-5,13H,6-9H2,1H3,(H,16,19). The number of carbonyl (C=O) groups is 2. The van der Waals surface area contributed by atoms with Crippen molar-refractivity contribution in [2.45, 2.75) is 32.2 Å². The molecule has 5 heteroatoms. The Kier molecular flexibility index (Phi) is 4.58. The summed E-state index contributed by atoms with van der Waals surface area (Å²) in [4.78, 5) is 25.0. The van der Waals surface area contributed by atoms with E-state index in [1.165, 1.54) is 0 Å². The Balaban J connectivity index is 1.80. The van der Waals surface area contributed by atoms with Crippen LogP contribution in [-0.2, 0) is 9.59 Å². The van der Waals surface area contributed by atoms with Crippen molar-refractivity contribution in [1.29, 1.82) is 0 Å². The van der Waals surface area contributed by atoms with Crippen molar-refractivity contribution in [2.24, 2.45) is 0 Å². The number of nitrogens with one attached hydrogen (secondary N) is 1. The van der Waals surface area contributed by atoms with Crippen LogP contribution >= 0.6 is 15.9 Å². The Hall–Kier alpha value is -1.36. The van der Waals surface area contributed by atoms with Gasteiger partial charge in [0.25, 0.3) is 0 Å². The summed E-state index contributed by atoms with van der Waals surface area (Å²) in [5, 5.41) is 2.83. The van der Waals surface area contributed by atoms with Gasteiger partial charge < -0.3 is 10.2 Å². The van der Waals surface area contributed by atoms with Crippen molar-refractivity contribution in [3.63, 3.8) is 0 Å². The van der Waals surface area contributed by atoms with Crippen LogP contribution < -0.4 is 5.32 Å². The van der Waals surface area contributed by atoms with E-state index in [0.717, 1.165) is 23.0 Å². The predicted molar refractivity (Wildman–Crippen MR) is 77.8 cm³/mol. The van der Waals surface area contributed by atoms with Crippen LogP contribution in [0.2, 0.25) is 0 Å². The lowest BCUT2D eigenvalue weighted by atomic mass is 10.3. The molecule has 19 heavy (non-hydrogen) atoms. The van der Waals surface area contributed by atoms with E-state index in [1.807, 2.05) is 24.3 Å². The van der Waals surface area contributed by atoms with Crippen LogP contribution in [0, 0.1) is 0 Å². The number of hydrogen-bond acceptors (Lipinski definition) is 2. The van der Waals surface area contributed by atoms with Crippen molar-refractivity contribution < 1.29 is 9.59 Å². The third-order valence-electron chi connectivity index (χ3n) is 3.10. The molecule has 0 aliphatic heterocycles. The summed E-state index contributed by atoms with van der Waals surface area (Å²) in [5.41, 5.74) is 0.772. The first-order valence-electron chi connectivity index (χ1n) is 6.39. The molecule has 0 radical (unpaired) electrons. The predicted octanol–water partition coefficient (Wildman–Crippen LogP) is 2.79. The minimum absolute atomic E-state index is 0.0546. The number of anilines is 1. The minimum atomic E-state index is -0.0609. The molecule has 2 rings (SSSR count). The first-order chi connectivity index (χ1) is 9.06. The average Bonchev–Trinajstić information content (AvgIpc) is 3.16. The van der Waals surface area contributed by atoms with Crippen molar-refractivity contribution in [3.8, 4) is 0 Å². The second kappa shape index (κ2) is 6.19. The summed E-state index contributed by atoms with van der Waals surface area (Å²) in [6, 6.07) is 7.79. The zero-order valence-electron chi connectivity index (χ0n) is 10.9. The fraction of sp³-hybridized carbons (Fsp3) is 0.429. The monoisotopic (exact) mass is 324 g/mol. The Morgan fingerprint density at radius 2 is 1.95 bits per heavy atom. The highest BCUT2D eigenvalue weighted by Crippen LogP contribution is 2.26. The first-order valence-corrected chi connectivity index (χ1v) is 7.18. The van der Waals surface area contributed by atoms with Crippen molar-refractivity contribution in [1.82, 2.24) is 4.90 Å². The molecule has 0 bridgehead atoms. The molecule has 1 aliphatic carbocycles. The number of rotatable bonds is 5. The third kappa shape index (κ3) is 4.35. The van der Waals surface area contributed by atoms with Gasteiger partial charge in [-0.2, -0.15) is 0 Å².